The Morgan fingerprint density at radius 3 is 2.72 bits per heavy atom. The van der Waals surface area contributed by atoms with Crippen LogP contribution >= 0.6 is 0 Å². The molecule has 3 aromatic rings. The Balaban J connectivity index is 1.98. The molecule has 1 atom stereocenters. The first-order valence-electron chi connectivity index (χ1n) is 7.88. The van der Waals surface area contributed by atoms with Crippen molar-refractivity contribution in [2.24, 2.45) is 0 Å². The fourth-order valence-corrected chi connectivity index (χ4v) is 2.63. The van der Waals surface area contributed by atoms with Gasteiger partial charge >= 0.3 is 0 Å². The maximum atomic E-state index is 13.2. The van der Waals surface area contributed by atoms with E-state index in [2.05, 4.69) is 10.1 Å². The molecule has 1 amide bonds. The minimum Gasteiger partial charge on any atom is -0.380 e. The number of aromatic nitrogens is 3. The van der Waals surface area contributed by atoms with Crippen LogP contribution in [-0.4, -0.2) is 52.2 Å². The Morgan fingerprint density at radius 1 is 1.32 bits per heavy atom. The van der Waals surface area contributed by atoms with Crippen molar-refractivity contribution in [2.45, 2.75) is 13.0 Å². The average molecular weight is 342 g/mol. The second-order valence-corrected chi connectivity index (χ2v) is 5.86. The number of fused-ring (bicyclic) bond motifs is 1. The quantitative estimate of drug-likeness (QED) is 0.715. The van der Waals surface area contributed by atoms with E-state index in [1.54, 1.807) is 48.0 Å². The average Bonchev–Trinajstić information content (AvgIpc) is 3.05. The van der Waals surface area contributed by atoms with Gasteiger partial charge in [-0.25, -0.2) is 13.9 Å². The first-order valence-corrected chi connectivity index (χ1v) is 7.88. The van der Waals surface area contributed by atoms with Crippen molar-refractivity contribution < 1.29 is 13.9 Å². The lowest BCUT2D eigenvalue weighted by Gasteiger charge is -2.20. The molecule has 0 aliphatic carbocycles. The van der Waals surface area contributed by atoms with Crippen molar-refractivity contribution in [3.05, 3.63) is 54.1 Å². The van der Waals surface area contributed by atoms with Gasteiger partial charge < -0.3 is 9.64 Å². The van der Waals surface area contributed by atoms with Gasteiger partial charge in [-0.1, -0.05) is 0 Å². The van der Waals surface area contributed by atoms with Crippen molar-refractivity contribution in [3.8, 4) is 11.3 Å². The SMILES string of the molecule is CO[C@@H](C)CN(C)C(=O)c1cnn2c(-c3ccc(F)cc3)ccnc12. The number of amides is 1. The molecule has 0 N–H and O–H groups in total. The highest BCUT2D eigenvalue weighted by Gasteiger charge is 2.20. The third-order valence-electron chi connectivity index (χ3n) is 4.05. The van der Waals surface area contributed by atoms with E-state index in [0.29, 0.717) is 17.8 Å². The summed E-state index contributed by atoms with van der Waals surface area (Å²) >= 11 is 0. The Morgan fingerprint density at radius 2 is 2.04 bits per heavy atom. The summed E-state index contributed by atoms with van der Waals surface area (Å²) < 4.78 is 19.9. The molecule has 130 valence electrons. The van der Waals surface area contributed by atoms with E-state index in [0.717, 1.165) is 11.3 Å². The number of carbonyl (C=O) groups excluding carboxylic acids is 1. The van der Waals surface area contributed by atoms with Gasteiger partial charge in [0.05, 0.1) is 18.0 Å². The van der Waals surface area contributed by atoms with E-state index in [1.165, 1.54) is 18.3 Å². The smallest absolute Gasteiger partial charge is 0.259 e. The maximum absolute atomic E-state index is 13.2. The summed E-state index contributed by atoms with van der Waals surface area (Å²) in [6.07, 6.45) is 3.05. The van der Waals surface area contributed by atoms with Crippen LogP contribution in [0.2, 0.25) is 0 Å². The number of benzene rings is 1. The Kier molecular flexibility index (Phi) is 4.76. The molecule has 0 bridgehead atoms. The molecule has 0 aliphatic heterocycles. The third-order valence-corrected chi connectivity index (χ3v) is 4.05. The van der Waals surface area contributed by atoms with Crippen molar-refractivity contribution >= 4 is 11.6 Å². The monoisotopic (exact) mass is 342 g/mol. The second-order valence-electron chi connectivity index (χ2n) is 5.86. The molecule has 2 aromatic heterocycles. The summed E-state index contributed by atoms with van der Waals surface area (Å²) in [5.74, 6) is -0.484. The minimum absolute atomic E-state index is 0.0708. The molecule has 7 heteroatoms. The van der Waals surface area contributed by atoms with Crippen LogP contribution < -0.4 is 0 Å². The number of halogens is 1. The van der Waals surface area contributed by atoms with Gasteiger partial charge in [0.2, 0.25) is 0 Å². The van der Waals surface area contributed by atoms with E-state index in [1.807, 2.05) is 6.92 Å². The zero-order valence-electron chi connectivity index (χ0n) is 14.3. The predicted molar refractivity (Wildman–Crippen MR) is 91.8 cm³/mol. The molecule has 0 unspecified atom stereocenters. The molecular formula is C18H19FN4O2. The fraction of sp³-hybridized carbons (Fsp3) is 0.278. The summed E-state index contributed by atoms with van der Waals surface area (Å²) in [5, 5.41) is 4.30. The zero-order valence-corrected chi connectivity index (χ0v) is 14.3. The van der Waals surface area contributed by atoms with Crippen LogP contribution in [0.1, 0.15) is 17.3 Å². The van der Waals surface area contributed by atoms with Gasteiger partial charge in [-0.2, -0.15) is 5.10 Å². The van der Waals surface area contributed by atoms with Gasteiger partial charge in [0.15, 0.2) is 5.65 Å². The van der Waals surface area contributed by atoms with Gasteiger partial charge in [0.1, 0.15) is 11.4 Å². The van der Waals surface area contributed by atoms with Crippen LogP contribution in [0.25, 0.3) is 16.9 Å². The fourth-order valence-electron chi connectivity index (χ4n) is 2.63. The van der Waals surface area contributed by atoms with Gasteiger partial charge in [0.25, 0.3) is 5.91 Å². The van der Waals surface area contributed by atoms with Crippen LogP contribution in [0.4, 0.5) is 4.39 Å². The molecule has 0 saturated heterocycles. The molecule has 0 spiro atoms. The lowest BCUT2D eigenvalue weighted by atomic mass is 10.1. The summed E-state index contributed by atoms with van der Waals surface area (Å²) in [5.41, 5.74) is 2.40. The van der Waals surface area contributed by atoms with E-state index < -0.39 is 0 Å². The van der Waals surface area contributed by atoms with Gasteiger partial charge in [-0.3, -0.25) is 4.79 Å². The highest BCUT2D eigenvalue weighted by Crippen LogP contribution is 2.21. The molecule has 6 nitrogen and oxygen atoms in total. The molecular weight excluding hydrogens is 323 g/mol. The molecule has 2 heterocycles. The van der Waals surface area contributed by atoms with Crippen LogP contribution in [0, 0.1) is 5.82 Å². The van der Waals surface area contributed by atoms with Crippen LogP contribution in [-0.2, 0) is 4.74 Å². The maximum Gasteiger partial charge on any atom is 0.259 e. The number of methoxy groups -OCH3 is 1. The Hall–Kier alpha value is -2.80. The molecule has 25 heavy (non-hydrogen) atoms. The molecule has 0 radical (unpaired) electrons. The van der Waals surface area contributed by atoms with Crippen LogP contribution in [0.3, 0.4) is 0 Å². The molecule has 1 aromatic carbocycles. The minimum atomic E-state index is -0.306. The number of ether oxygens (including phenoxy) is 1. The van der Waals surface area contributed by atoms with E-state index in [9.17, 15) is 9.18 Å². The third kappa shape index (κ3) is 3.36. The van der Waals surface area contributed by atoms with Crippen LogP contribution in [0.5, 0.6) is 0 Å². The first-order chi connectivity index (χ1) is 12.0. The zero-order chi connectivity index (χ0) is 18.0. The highest BCUT2D eigenvalue weighted by molar-refractivity contribution is 5.99. The normalized spacial score (nSPS) is 12.3. The molecule has 0 aliphatic rings. The standard InChI is InChI=1S/C18H19FN4O2/c1-12(25-3)11-22(2)18(24)15-10-21-23-16(8-9-20-17(15)23)13-4-6-14(19)7-5-13/h4-10,12H,11H2,1-3H3/t12-/m0/s1. The summed E-state index contributed by atoms with van der Waals surface area (Å²) in [4.78, 5) is 18.6. The number of nitrogens with zero attached hydrogens (tertiary/aromatic N) is 4. The van der Waals surface area contributed by atoms with E-state index in [4.69, 9.17) is 4.74 Å². The largest absolute Gasteiger partial charge is 0.380 e. The number of carbonyl (C=O) groups is 1. The van der Waals surface area contributed by atoms with Crippen molar-refractivity contribution in [3.63, 3.8) is 0 Å². The summed E-state index contributed by atoms with van der Waals surface area (Å²) in [6.45, 7) is 2.36. The predicted octanol–water partition coefficient (Wildman–Crippen LogP) is 2.64. The van der Waals surface area contributed by atoms with Gasteiger partial charge in [-0.15, -0.1) is 0 Å². The number of hydrogen-bond acceptors (Lipinski definition) is 4. The highest BCUT2D eigenvalue weighted by atomic mass is 19.1. The lowest BCUT2D eigenvalue weighted by Crippen LogP contribution is -2.33. The van der Waals surface area contributed by atoms with E-state index >= 15 is 0 Å². The molecule has 0 saturated carbocycles. The Labute approximate surface area is 144 Å². The summed E-state index contributed by atoms with van der Waals surface area (Å²) in [6, 6.07) is 7.88. The van der Waals surface area contributed by atoms with E-state index in [-0.39, 0.29) is 17.8 Å². The number of rotatable bonds is 5. The van der Waals surface area contributed by atoms with Gasteiger partial charge in [0, 0.05) is 32.5 Å². The topological polar surface area (TPSA) is 59.7 Å². The Bertz CT molecular complexity index is 892. The second kappa shape index (κ2) is 6.98. The number of likely N-dealkylation sites (N-methyl/N-ethyl adjacent to an activating group) is 1. The van der Waals surface area contributed by atoms with Gasteiger partial charge in [-0.05, 0) is 37.3 Å². The first kappa shape index (κ1) is 17.0. The molecule has 3 rings (SSSR count). The van der Waals surface area contributed by atoms with Crippen molar-refractivity contribution in [2.75, 3.05) is 20.7 Å². The van der Waals surface area contributed by atoms with Crippen LogP contribution in [0.15, 0.2) is 42.7 Å². The van der Waals surface area contributed by atoms with Crippen molar-refractivity contribution in [1.82, 2.24) is 19.5 Å². The number of hydrogen-bond donors (Lipinski definition) is 0. The molecule has 0 fully saturated rings. The lowest BCUT2D eigenvalue weighted by molar-refractivity contribution is 0.0601. The summed E-state index contributed by atoms with van der Waals surface area (Å²) in [7, 11) is 3.32. The van der Waals surface area contributed by atoms with Crippen molar-refractivity contribution in [1.29, 1.82) is 0 Å².